The van der Waals surface area contributed by atoms with Crippen LogP contribution in [-0.4, -0.2) is 48.6 Å². The first-order valence-electron chi connectivity index (χ1n) is 7.66. The molecule has 0 aromatic heterocycles. The van der Waals surface area contributed by atoms with Crippen LogP contribution in [0, 0.1) is 0 Å². The lowest BCUT2D eigenvalue weighted by molar-refractivity contribution is 0.0656. The highest BCUT2D eigenvalue weighted by molar-refractivity contribution is 5.97. The van der Waals surface area contributed by atoms with Crippen LogP contribution in [-0.2, 0) is 0 Å². The summed E-state index contributed by atoms with van der Waals surface area (Å²) >= 11 is 0. The Bertz CT molecular complexity index is 545. The Kier molecular flexibility index (Phi) is 5.38. The third-order valence-electron chi connectivity index (χ3n) is 3.55. The maximum absolute atomic E-state index is 12.6. The zero-order valence-electron chi connectivity index (χ0n) is 13.3. The van der Waals surface area contributed by atoms with E-state index in [1.165, 1.54) is 0 Å². The molecule has 0 radical (unpaired) electrons. The molecule has 0 bridgehead atoms. The van der Waals surface area contributed by atoms with E-state index in [2.05, 4.69) is 16.0 Å². The molecular formula is C16H24N4O2. The van der Waals surface area contributed by atoms with E-state index in [-0.39, 0.29) is 24.0 Å². The number of carbonyl (C=O) groups excluding carboxylic acids is 2. The van der Waals surface area contributed by atoms with Gasteiger partial charge in [-0.05, 0) is 39.0 Å². The van der Waals surface area contributed by atoms with Gasteiger partial charge >= 0.3 is 6.03 Å². The zero-order valence-corrected chi connectivity index (χ0v) is 13.3. The summed E-state index contributed by atoms with van der Waals surface area (Å²) in [6.45, 7) is 8.13. The van der Waals surface area contributed by atoms with Crippen LogP contribution in [0.2, 0.25) is 0 Å². The second-order valence-electron chi connectivity index (χ2n) is 5.89. The number of amides is 3. The van der Waals surface area contributed by atoms with Crippen molar-refractivity contribution in [3.63, 3.8) is 0 Å². The Morgan fingerprint density at radius 2 is 2.14 bits per heavy atom. The van der Waals surface area contributed by atoms with Crippen LogP contribution < -0.4 is 16.0 Å². The number of nitrogens with one attached hydrogen (secondary N) is 3. The lowest BCUT2D eigenvalue weighted by atomic mass is 10.1. The summed E-state index contributed by atoms with van der Waals surface area (Å²) in [6.07, 6.45) is 0. The standard InChI is InChI=1S/C16H24N4O2/c1-11(2)18-16(22)19-14-6-4-5-13(9-14)15(21)20-8-7-17-10-12(20)3/h4-6,9,11-12,17H,7-8,10H2,1-3H3,(H2,18,19,22). The predicted octanol–water partition coefficient (Wildman–Crippen LogP) is 1.65. The van der Waals surface area contributed by atoms with Crippen LogP contribution in [0.5, 0.6) is 0 Å². The van der Waals surface area contributed by atoms with E-state index in [4.69, 9.17) is 0 Å². The van der Waals surface area contributed by atoms with E-state index in [9.17, 15) is 9.59 Å². The summed E-state index contributed by atoms with van der Waals surface area (Å²) in [4.78, 5) is 26.2. The van der Waals surface area contributed by atoms with Gasteiger partial charge in [-0.3, -0.25) is 4.79 Å². The van der Waals surface area contributed by atoms with E-state index in [1.807, 2.05) is 25.7 Å². The molecule has 6 nitrogen and oxygen atoms in total. The molecule has 0 aliphatic carbocycles. The summed E-state index contributed by atoms with van der Waals surface area (Å²) in [5, 5.41) is 8.77. The predicted molar refractivity (Wildman–Crippen MR) is 87.1 cm³/mol. The van der Waals surface area contributed by atoms with Gasteiger partial charge in [0.1, 0.15) is 0 Å². The number of carbonyl (C=O) groups is 2. The van der Waals surface area contributed by atoms with Crippen molar-refractivity contribution in [2.24, 2.45) is 0 Å². The number of nitrogens with zero attached hydrogens (tertiary/aromatic N) is 1. The normalized spacial score (nSPS) is 18.2. The first kappa shape index (κ1) is 16.3. The number of benzene rings is 1. The van der Waals surface area contributed by atoms with Gasteiger partial charge in [0.05, 0.1) is 0 Å². The molecular weight excluding hydrogens is 280 g/mol. The van der Waals surface area contributed by atoms with Crippen LogP contribution in [0.25, 0.3) is 0 Å². The molecule has 22 heavy (non-hydrogen) atoms. The van der Waals surface area contributed by atoms with Crippen LogP contribution in [0.15, 0.2) is 24.3 Å². The maximum Gasteiger partial charge on any atom is 0.319 e. The monoisotopic (exact) mass is 304 g/mol. The minimum absolute atomic E-state index is 0.00178. The van der Waals surface area contributed by atoms with Crippen molar-refractivity contribution in [3.8, 4) is 0 Å². The molecule has 1 saturated heterocycles. The molecule has 1 aliphatic heterocycles. The van der Waals surface area contributed by atoms with Gasteiger partial charge in [-0.25, -0.2) is 4.79 Å². The van der Waals surface area contributed by atoms with E-state index >= 15 is 0 Å². The van der Waals surface area contributed by atoms with Crippen molar-refractivity contribution >= 4 is 17.6 Å². The van der Waals surface area contributed by atoms with E-state index < -0.39 is 0 Å². The van der Waals surface area contributed by atoms with Crippen LogP contribution >= 0.6 is 0 Å². The Labute approximate surface area is 131 Å². The maximum atomic E-state index is 12.6. The van der Waals surface area contributed by atoms with Gasteiger partial charge in [-0.15, -0.1) is 0 Å². The van der Waals surface area contributed by atoms with Crippen molar-refractivity contribution in [1.29, 1.82) is 0 Å². The van der Waals surface area contributed by atoms with Crippen molar-refractivity contribution < 1.29 is 9.59 Å². The van der Waals surface area contributed by atoms with Crippen LogP contribution in [0.3, 0.4) is 0 Å². The lowest BCUT2D eigenvalue weighted by Crippen LogP contribution is -2.52. The molecule has 1 heterocycles. The molecule has 1 atom stereocenters. The van der Waals surface area contributed by atoms with Gasteiger partial charge in [0.2, 0.25) is 0 Å². The quantitative estimate of drug-likeness (QED) is 0.795. The molecule has 1 aromatic rings. The van der Waals surface area contributed by atoms with Gasteiger partial charge in [-0.1, -0.05) is 6.07 Å². The number of piperazine rings is 1. The van der Waals surface area contributed by atoms with Gasteiger partial charge in [0, 0.05) is 43.0 Å². The molecule has 1 unspecified atom stereocenters. The van der Waals surface area contributed by atoms with Crippen molar-refractivity contribution in [3.05, 3.63) is 29.8 Å². The molecule has 0 saturated carbocycles. The van der Waals surface area contributed by atoms with Crippen molar-refractivity contribution in [2.45, 2.75) is 32.9 Å². The van der Waals surface area contributed by atoms with Gasteiger partial charge in [0.25, 0.3) is 5.91 Å². The minimum Gasteiger partial charge on any atom is -0.336 e. The fourth-order valence-electron chi connectivity index (χ4n) is 2.47. The highest BCUT2D eigenvalue weighted by atomic mass is 16.2. The van der Waals surface area contributed by atoms with Gasteiger partial charge in [-0.2, -0.15) is 0 Å². The second-order valence-corrected chi connectivity index (χ2v) is 5.89. The van der Waals surface area contributed by atoms with Gasteiger partial charge in [0.15, 0.2) is 0 Å². The van der Waals surface area contributed by atoms with E-state index in [0.717, 1.165) is 13.1 Å². The molecule has 6 heteroatoms. The Hall–Kier alpha value is -2.08. The molecule has 1 aromatic carbocycles. The summed E-state index contributed by atoms with van der Waals surface area (Å²) in [6, 6.07) is 7.02. The first-order valence-corrected chi connectivity index (χ1v) is 7.66. The lowest BCUT2D eigenvalue weighted by Gasteiger charge is -2.34. The number of anilines is 1. The molecule has 3 N–H and O–H groups in total. The SMILES string of the molecule is CC(C)NC(=O)Nc1cccc(C(=O)N2CCNCC2C)c1. The Morgan fingerprint density at radius 3 is 2.82 bits per heavy atom. The van der Waals surface area contributed by atoms with Crippen LogP contribution in [0.4, 0.5) is 10.5 Å². The minimum atomic E-state index is -0.268. The molecule has 1 aliphatic rings. The zero-order chi connectivity index (χ0) is 16.1. The summed E-state index contributed by atoms with van der Waals surface area (Å²) in [5.41, 5.74) is 1.21. The molecule has 120 valence electrons. The third kappa shape index (κ3) is 4.21. The average molecular weight is 304 g/mol. The molecule has 3 amide bonds. The number of hydrogen-bond acceptors (Lipinski definition) is 3. The van der Waals surface area contributed by atoms with Crippen LogP contribution in [0.1, 0.15) is 31.1 Å². The summed E-state index contributed by atoms with van der Waals surface area (Å²) < 4.78 is 0. The molecule has 2 rings (SSSR count). The first-order chi connectivity index (χ1) is 10.5. The van der Waals surface area contributed by atoms with Gasteiger partial charge < -0.3 is 20.9 Å². The van der Waals surface area contributed by atoms with Crippen molar-refractivity contribution in [2.75, 3.05) is 25.0 Å². The average Bonchev–Trinajstić information content (AvgIpc) is 2.46. The smallest absolute Gasteiger partial charge is 0.319 e. The summed E-state index contributed by atoms with van der Waals surface area (Å²) in [7, 11) is 0. The number of hydrogen-bond donors (Lipinski definition) is 3. The second kappa shape index (κ2) is 7.26. The Balaban J connectivity index is 2.07. The molecule has 0 spiro atoms. The largest absolute Gasteiger partial charge is 0.336 e. The van der Waals surface area contributed by atoms with E-state index in [0.29, 0.717) is 17.8 Å². The number of urea groups is 1. The summed E-state index contributed by atoms with van der Waals surface area (Å²) in [5.74, 6) is 0.00178. The fourth-order valence-corrected chi connectivity index (χ4v) is 2.47. The topological polar surface area (TPSA) is 73.5 Å². The number of rotatable bonds is 3. The third-order valence-corrected chi connectivity index (χ3v) is 3.55. The van der Waals surface area contributed by atoms with E-state index in [1.54, 1.807) is 24.3 Å². The fraction of sp³-hybridized carbons (Fsp3) is 0.500. The Morgan fingerprint density at radius 1 is 1.36 bits per heavy atom. The van der Waals surface area contributed by atoms with Crippen molar-refractivity contribution in [1.82, 2.24) is 15.5 Å². The molecule has 1 fully saturated rings. The highest BCUT2D eigenvalue weighted by Gasteiger charge is 2.24. The highest BCUT2D eigenvalue weighted by Crippen LogP contribution is 2.15.